The zero-order chi connectivity index (χ0) is 18.2. The minimum atomic E-state index is -2.11. The van der Waals surface area contributed by atoms with Crippen LogP contribution in [-0.2, 0) is 4.74 Å². The summed E-state index contributed by atoms with van der Waals surface area (Å²) < 4.78 is 22.0. The highest BCUT2D eigenvalue weighted by molar-refractivity contribution is 5.84. The van der Waals surface area contributed by atoms with Crippen molar-refractivity contribution in [2.75, 3.05) is 30.8 Å². The Morgan fingerprint density at radius 2 is 2.20 bits per heavy atom. The van der Waals surface area contributed by atoms with E-state index >= 15 is 4.39 Å². The molecule has 138 valence electrons. The molecule has 1 fully saturated rings. The molecule has 1 aliphatic rings. The fraction of sp³-hybridized carbons (Fsp3) is 0.667. The number of hydrogen-bond acceptors (Lipinski definition) is 8. The molecule has 0 unspecified atom stereocenters. The summed E-state index contributed by atoms with van der Waals surface area (Å²) in [4.78, 5) is 13.0. The van der Waals surface area contributed by atoms with Gasteiger partial charge in [0.05, 0.1) is 12.9 Å². The predicted octanol–water partition coefficient (Wildman–Crippen LogP) is 0.669. The van der Waals surface area contributed by atoms with Gasteiger partial charge in [0, 0.05) is 13.6 Å². The summed E-state index contributed by atoms with van der Waals surface area (Å²) in [6.07, 6.45) is -1.33. The topological polar surface area (TPSA) is 117 Å². The monoisotopic (exact) mass is 354 g/mol. The number of halogens is 1. The second kappa shape index (κ2) is 6.70. The molecule has 2 aromatic rings. The van der Waals surface area contributed by atoms with Crippen molar-refractivity contribution in [2.45, 2.75) is 44.4 Å². The molecule has 1 saturated heterocycles. The lowest BCUT2D eigenvalue weighted by Gasteiger charge is -2.24. The van der Waals surface area contributed by atoms with Crippen molar-refractivity contribution in [1.29, 1.82) is 0 Å². The minimum absolute atomic E-state index is 0.373. The zero-order valence-electron chi connectivity index (χ0n) is 14.4. The Morgan fingerprint density at radius 3 is 2.80 bits per heavy atom. The van der Waals surface area contributed by atoms with Gasteiger partial charge in [0.25, 0.3) is 0 Å². The zero-order valence-corrected chi connectivity index (χ0v) is 14.4. The van der Waals surface area contributed by atoms with Crippen LogP contribution in [0, 0.1) is 0 Å². The summed E-state index contributed by atoms with van der Waals surface area (Å²) in [5.74, 6) is 0.887. The number of imidazole rings is 1. The number of hydrogen-bond donors (Lipinski definition) is 4. The van der Waals surface area contributed by atoms with Gasteiger partial charge in [0.2, 0.25) is 5.95 Å². The van der Waals surface area contributed by atoms with Crippen LogP contribution in [0.15, 0.2) is 6.33 Å². The smallest absolute Gasteiger partial charge is 0.226 e. The standard InChI is InChI=1S/C15H23FN6O3/c1-4-5-18-14-20-11(17-3)9-12(21-14)22(7-19-9)13-15(2,16)10(24)8(6-23)25-13/h7-8,10,13,23-24H,4-6H2,1-3H3,(H2,17,18,20,21)/t8-,10-,13-,15-/m1/s1. The normalized spacial score (nSPS) is 29.3. The van der Waals surface area contributed by atoms with E-state index in [1.165, 1.54) is 17.8 Å². The third-order valence-electron chi connectivity index (χ3n) is 4.34. The van der Waals surface area contributed by atoms with Crippen molar-refractivity contribution in [3.63, 3.8) is 0 Å². The van der Waals surface area contributed by atoms with Gasteiger partial charge in [-0.3, -0.25) is 4.57 Å². The van der Waals surface area contributed by atoms with Gasteiger partial charge in [0.15, 0.2) is 28.9 Å². The molecule has 0 bridgehead atoms. The van der Waals surface area contributed by atoms with Crippen molar-refractivity contribution in [1.82, 2.24) is 19.5 Å². The molecule has 0 aromatic carbocycles. The first kappa shape index (κ1) is 17.8. The summed E-state index contributed by atoms with van der Waals surface area (Å²) in [5, 5.41) is 25.4. The number of aliphatic hydroxyl groups excluding tert-OH is 2. The number of rotatable bonds is 6. The van der Waals surface area contributed by atoms with E-state index in [9.17, 15) is 10.2 Å². The van der Waals surface area contributed by atoms with Crippen molar-refractivity contribution in [3.8, 4) is 0 Å². The highest BCUT2D eigenvalue weighted by Crippen LogP contribution is 2.42. The molecule has 3 rings (SSSR count). The third kappa shape index (κ3) is 2.90. The van der Waals surface area contributed by atoms with Gasteiger partial charge in [-0.25, -0.2) is 9.37 Å². The molecule has 3 heterocycles. The molecule has 2 aromatic heterocycles. The second-order valence-corrected chi connectivity index (χ2v) is 6.20. The molecule has 0 spiro atoms. The Kier molecular flexibility index (Phi) is 4.76. The molecular formula is C15H23FN6O3. The van der Waals surface area contributed by atoms with Gasteiger partial charge in [-0.2, -0.15) is 9.97 Å². The number of alkyl halides is 1. The SMILES string of the molecule is CCCNc1nc(NC)c2ncn([C@@H]3O[C@H](CO)[C@@H](O)[C@@]3(C)F)c2n1. The number of anilines is 2. The maximum Gasteiger partial charge on any atom is 0.226 e. The van der Waals surface area contributed by atoms with Gasteiger partial charge in [-0.05, 0) is 13.3 Å². The van der Waals surface area contributed by atoms with E-state index in [2.05, 4.69) is 25.6 Å². The summed E-state index contributed by atoms with van der Waals surface area (Å²) in [6.45, 7) is 3.46. The summed E-state index contributed by atoms with van der Waals surface area (Å²) in [7, 11) is 1.71. The maximum absolute atomic E-state index is 15.1. The number of fused-ring (bicyclic) bond motifs is 1. The molecule has 1 aliphatic heterocycles. The third-order valence-corrected chi connectivity index (χ3v) is 4.34. The molecule has 4 N–H and O–H groups in total. The highest BCUT2D eigenvalue weighted by atomic mass is 19.1. The van der Waals surface area contributed by atoms with E-state index in [4.69, 9.17) is 4.74 Å². The quantitative estimate of drug-likeness (QED) is 0.598. The largest absolute Gasteiger partial charge is 0.394 e. The van der Waals surface area contributed by atoms with Gasteiger partial charge in [-0.15, -0.1) is 0 Å². The van der Waals surface area contributed by atoms with Gasteiger partial charge in [-0.1, -0.05) is 6.92 Å². The number of nitrogens with one attached hydrogen (secondary N) is 2. The Bertz CT molecular complexity index is 752. The van der Waals surface area contributed by atoms with E-state index < -0.39 is 30.7 Å². The fourth-order valence-corrected chi connectivity index (χ4v) is 2.94. The Labute approximate surface area is 144 Å². The van der Waals surface area contributed by atoms with Crippen LogP contribution in [0.3, 0.4) is 0 Å². The molecule has 0 amide bonds. The number of nitrogens with zero attached hydrogens (tertiary/aromatic N) is 4. The van der Waals surface area contributed by atoms with E-state index in [1.54, 1.807) is 7.05 Å². The van der Waals surface area contributed by atoms with E-state index in [1.807, 2.05) is 6.92 Å². The lowest BCUT2D eigenvalue weighted by molar-refractivity contribution is -0.0566. The molecule has 25 heavy (non-hydrogen) atoms. The van der Waals surface area contributed by atoms with Crippen LogP contribution in [0.5, 0.6) is 0 Å². The predicted molar refractivity (Wildman–Crippen MR) is 90.2 cm³/mol. The maximum atomic E-state index is 15.1. The van der Waals surface area contributed by atoms with Crippen LogP contribution >= 0.6 is 0 Å². The van der Waals surface area contributed by atoms with Crippen LogP contribution in [0.1, 0.15) is 26.5 Å². The van der Waals surface area contributed by atoms with Crippen molar-refractivity contribution in [2.24, 2.45) is 0 Å². The van der Waals surface area contributed by atoms with Crippen LogP contribution < -0.4 is 10.6 Å². The van der Waals surface area contributed by atoms with Crippen LogP contribution in [0.4, 0.5) is 16.2 Å². The number of aromatic nitrogens is 4. The molecule has 0 radical (unpaired) electrons. The summed E-state index contributed by atoms with van der Waals surface area (Å²) in [5.41, 5.74) is -1.27. The first-order valence-corrected chi connectivity index (χ1v) is 8.23. The van der Waals surface area contributed by atoms with Gasteiger partial charge in [0.1, 0.15) is 12.2 Å². The highest BCUT2D eigenvalue weighted by Gasteiger charge is 2.55. The van der Waals surface area contributed by atoms with E-state index in [-0.39, 0.29) is 0 Å². The Balaban J connectivity index is 2.07. The number of aliphatic hydroxyl groups is 2. The first-order valence-electron chi connectivity index (χ1n) is 8.23. The van der Waals surface area contributed by atoms with Crippen LogP contribution in [-0.4, -0.2) is 67.8 Å². The molecule has 0 saturated carbocycles. The van der Waals surface area contributed by atoms with Gasteiger partial charge < -0.3 is 25.6 Å². The Hall–Kier alpha value is -2.04. The molecular weight excluding hydrogens is 331 g/mol. The first-order chi connectivity index (χ1) is 11.9. The molecule has 0 aliphatic carbocycles. The lowest BCUT2D eigenvalue weighted by Crippen LogP contribution is -2.40. The Morgan fingerprint density at radius 1 is 1.44 bits per heavy atom. The minimum Gasteiger partial charge on any atom is -0.394 e. The summed E-state index contributed by atoms with van der Waals surface area (Å²) in [6, 6.07) is 0. The van der Waals surface area contributed by atoms with Crippen LogP contribution in [0.25, 0.3) is 11.2 Å². The van der Waals surface area contributed by atoms with Crippen LogP contribution in [0.2, 0.25) is 0 Å². The summed E-state index contributed by atoms with van der Waals surface area (Å²) >= 11 is 0. The number of ether oxygens (including phenoxy) is 1. The molecule has 9 nitrogen and oxygen atoms in total. The van der Waals surface area contributed by atoms with Gasteiger partial charge >= 0.3 is 0 Å². The van der Waals surface area contributed by atoms with E-state index in [0.717, 1.165) is 6.42 Å². The average Bonchev–Trinajstić information content (AvgIpc) is 3.11. The average molecular weight is 354 g/mol. The van der Waals surface area contributed by atoms with Crippen molar-refractivity contribution in [3.05, 3.63) is 6.33 Å². The molecule has 4 atom stereocenters. The van der Waals surface area contributed by atoms with Crippen molar-refractivity contribution < 1.29 is 19.3 Å². The van der Waals surface area contributed by atoms with Crippen molar-refractivity contribution >= 4 is 22.9 Å². The molecule has 10 heteroatoms. The second-order valence-electron chi connectivity index (χ2n) is 6.20. The van der Waals surface area contributed by atoms with E-state index in [0.29, 0.717) is 29.5 Å². The lowest BCUT2D eigenvalue weighted by atomic mass is 9.98. The fourth-order valence-electron chi connectivity index (χ4n) is 2.94.